The minimum absolute atomic E-state index is 0.486. The first-order chi connectivity index (χ1) is 7.65. The van der Waals surface area contributed by atoms with Crippen LogP contribution in [0.1, 0.15) is 30.9 Å². The Labute approximate surface area is 95.4 Å². The van der Waals surface area contributed by atoms with E-state index in [0.29, 0.717) is 6.61 Å². The Morgan fingerprint density at radius 2 is 2.31 bits per heavy atom. The molecule has 3 nitrogen and oxygen atoms in total. The van der Waals surface area contributed by atoms with Gasteiger partial charge in [0.05, 0.1) is 18.8 Å². The summed E-state index contributed by atoms with van der Waals surface area (Å²) in [5, 5.41) is 8.90. The number of carbonyl (C=O) groups is 1. The van der Waals surface area contributed by atoms with Crippen LogP contribution >= 0.6 is 0 Å². The van der Waals surface area contributed by atoms with Crippen molar-refractivity contribution in [3.05, 3.63) is 41.7 Å². The summed E-state index contributed by atoms with van der Waals surface area (Å²) in [5.41, 5.74) is 1.74. The van der Waals surface area contributed by atoms with E-state index in [4.69, 9.17) is 9.84 Å². The fourth-order valence-electron chi connectivity index (χ4n) is 1.30. The van der Waals surface area contributed by atoms with E-state index in [0.717, 1.165) is 11.1 Å². The predicted molar refractivity (Wildman–Crippen MR) is 63.2 cm³/mol. The van der Waals surface area contributed by atoms with Gasteiger partial charge in [0.25, 0.3) is 0 Å². The van der Waals surface area contributed by atoms with Gasteiger partial charge in [-0.25, -0.2) is 0 Å². The van der Waals surface area contributed by atoms with Crippen LogP contribution in [-0.2, 0) is 9.53 Å². The van der Waals surface area contributed by atoms with Crippen LogP contribution in [0.5, 0.6) is 0 Å². The summed E-state index contributed by atoms with van der Waals surface area (Å²) in [6, 6.07) is 7.43. The van der Waals surface area contributed by atoms with Gasteiger partial charge in [-0.15, -0.1) is 0 Å². The van der Waals surface area contributed by atoms with Gasteiger partial charge in [0.1, 0.15) is 0 Å². The van der Waals surface area contributed by atoms with Gasteiger partial charge in [-0.3, -0.25) is 4.79 Å². The highest BCUT2D eigenvalue weighted by molar-refractivity contribution is 5.75. The molecule has 0 aliphatic rings. The molecule has 1 aromatic carbocycles. The molecule has 0 aliphatic carbocycles. The fourth-order valence-corrected chi connectivity index (χ4v) is 1.30. The second-order valence-electron chi connectivity index (χ2n) is 3.49. The van der Waals surface area contributed by atoms with Crippen molar-refractivity contribution in [2.75, 3.05) is 6.61 Å². The van der Waals surface area contributed by atoms with Gasteiger partial charge in [-0.2, -0.15) is 0 Å². The first-order valence-corrected chi connectivity index (χ1v) is 5.26. The molecule has 16 heavy (non-hydrogen) atoms. The van der Waals surface area contributed by atoms with Crippen LogP contribution in [0.2, 0.25) is 0 Å². The molecular weight excluding hydrogens is 204 g/mol. The smallest absolute Gasteiger partial charge is 0.310 e. The second-order valence-corrected chi connectivity index (χ2v) is 3.49. The lowest BCUT2D eigenvalue weighted by molar-refractivity contribution is -0.138. The molecule has 0 saturated carbocycles. The lowest BCUT2D eigenvalue weighted by Gasteiger charge is -2.06. The highest BCUT2D eigenvalue weighted by Crippen LogP contribution is 2.17. The van der Waals surface area contributed by atoms with E-state index in [9.17, 15) is 4.79 Å². The molecule has 0 saturated heterocycles. The van der Waals surface area contributed by atoms with Crippen molar-refractivity contribution in [2.24, 2.45) is 0 Å². The predicted octanol–water partition coefficient (Wildman–Crippen LogP) is 2.88. The Morgan fingerprint density at radius 3 is 2.94 bits per heavy atom. The van der Waals surface area contributed by atoms with E-state index in [1.165, 1.54) is 0 Å². The molecule has 0 heterocycles. The molecule has 1 aromatic rings. The zero-order valence-corrected chi connectivity index (χ0v) is 9.51. The Bertz CT molecular complexity index is 383. The Kier molecular flexibility index (Phi) is 4.58. The van der Waals surface area contributed by atoms with Crippen LogP contribution in [0.15, 0.2) is 30.5 Å². The number of rotatable bonds is 5. The van der Waals surface area contributed by atoms with Gasteiger partial charge in [-0.1, -0.05) is 24.3 Å². The Hall–Kier alpha value is -1.77. The Balaban J connectivity index is 2.82. The van der Waals surface area contributed by atoms with Crippen LogP contribution in [0, 0.1) is 0 Å². The van der Waals surface area contributed by atoms with Gasteiger partial charge >= 0.3 is 5.97 Å². The van der Waals surface area contributed by atoms with Crippen molar-refractivity contribution in [3.8, 4) is 0 Å². The second kappa shape index (κ2) is 5.95. The van der Waals surface area contributed by atoms with Crippen molar-refractivity contribution in [2.45, 2.75) is 19.8 Å². The normalized spacial score (nSPS) is 12.6. The van der Waals surface area contributed by atoms with E-state index in [-0.39, 0.29) is 0 Å². The fraction of sp³-hybridized carbons (Fsp3) is 0.308. The highest BCUT2D eigenvalue weighted by Gasteiger charge is 2.12. The van der Waals surface area contributed by atoms with Crippen LogP contribution in [0.25, 0.3) is 6.08 Å². The number of carboxylic acids is 1. The van der Waals surface area contributed by atoms with Crippen LogP contribution in [0.3, 0.4) is 0 Å². The number of hydrogen-bond acceptors (Lipinski definition) is 2. The van der Waals surface area contributed by atoms with Gasteiger partial charge in [0.2, 0.25) is 0 Å². The summed E-state index contributed by atoms with van der Waals surface area (Å²) in [4.78, 5) is 10.8. The lowest BCUT2D eigenvalue weighted by Crippen LogP contribution is -2.07. The van der Waals surface area contributed by atoms with Crippen molar-refractivity contribution in [3.63, 3.8) is 0 Å². The van der Waals surface area contributed by atoms with Crippen LogP contribution in [0.4, 0.5) is 0 Å². The quantitative estimate of drug-likeness (QED) is 0.776. The minimum atomic E-state index is -0.814. The lowest BCUT2D eigenvalue weighted by atomic mass is 9.99. The Morgan fingerprint density at radius 1 is 1.56 bits per heavy atom. The molecule has 0 radical (unpaired) electrons. The van der Waals surface area contributed by atoms with E-state index >= 15 is 0 Å². The van der Waals surface area contributed by atoms with Crippen molar-refractivity contribution < 1.29 is 14.6 Å². The first-order valence-electron chi connectivity index (χ1n) is 5.26. The standard InChI is InChI=1S/C13H16O3/c1-3-16-8-7-11-5-4-6-12(9-11)10(2)13(14)15/h4-10H,3H2,1-2H3,(H,14,15). The summed E-state index contributed by atoms with van der Waals surface area (Å²) in [7, 11) is 0. The molecule has 0 aromatic heterocycles. The number of carboxylic acid groups (broad SMARTS) is 1. The maximum absolute atomic E-state index is 10.8. The van der Waals surface area contributed by atoms with E-state index < -0.39 is 11.9 Å². The molecule has 0 fully saturated rings. The van der Waals surface area contributed by atoms with Crippen molar-refractivity contribution in [1.82, 2.24) is 0 Å². The number of benzene rings is 1. The summed E-state index contributed by atoms with van der Waals surface area (Å²) in [5.74, 6) is -1.30. The zero-order valence-electron chi connectivity index (χ0n) is 9.51. The van der Waals surface area contributed by atoms with Gasteiger partial charge in [0, 0.05) is 0 Å². The molecule has 1 rings (SSSR count). The summed E-state index contributed by atoms with van der Waals surface area (Å²) in [6.45, 7) is 4.21. The van der Waals surface area contributed by atoms with Gasteiger partial charge in [0.15, 0.2) is 0 Å². The monoisotopic (exact) mass is 220 g/mol. The molecule has 3 heteroatoms. The molecule has 1 N–H and O–H groups in total. The molecule has 0 bridgehead atoms. The van der Waals surface area contributed by atoms with E-state index in [1.807, 2.05) is 37.3 Å². The molecular formula is C13H16O3. The largest absolute Gasteiger partial charge is 0.501 e. The minimum Gasteiger partial charge on any atom is -0.501 e. The highest BCUT2D eigenvalue weighted by atomic mass is 16.5. The van der Waals surface area contributed by atoms with Crippen molar-refractivity contribution >= 4 is 12.0 Å². The maximum atomic E-state index is 10.8. The van der Waals surface area contributed by atoms with E-state index in [1.54, 1.807) is 13.2 Å². The third-order valence-electron chi connectivity index (χ3n) is 2.30. The average Bonchev–Trinajstić information content (AvgIpc) is 2.29. The molecule has 86 valence electrons. The van der Waals surface area contributed by atoms with Gasteiger partial charge < -0.3 is 9.84 Å². The summed E-state index contributed by atoms with van der Waals surface area (Å²) < 4.78 is 5.09. The number of ether oxygens (including phenoxy) is 1. The maximum Gasteiger partial charge on any atom is 0.310 e. The molecule has 1 unspecified atom stereocenters. The number of hydrogen-bond donors (Lipinski definition) is 1. The van der Waals surface area contributed by atoms with Crippen LogP contribution in [-0.4, -0.2) is 17.7 Å². The topological polar surface area (TPSA) is 46.5 Å². The molecule has 0 aliphatic heterocycles. The van der Waals surface area contributed by atoms with E-state index in [2.05, 4.69) is 0 Å². The third kappa shape index (κ3) is 3.42. The zero-order chi connectivity index (χ0) is 12.0. The van der Waals surface area contributed by atoms with Crippen LogP contribution < -0.4 is 0 Å². The SMILES string of the molecule is CCOC=Cc1cccc(C(C)C(=O)O)c1. The summed E-state index contributed by atoms with van der Waals surface area (Å²) >= 11 is 0. The van der Waals surface area contributed by atoms with Crippen molar-refractivity contribution in [1.29, 1.82) is 0 Å². The molecule has 0 spiro atoms. The number of aliphatic carboxylic acids is 1. The molecule has 1 atom stereocenters. The summed E-state index contributed by atoms with van der Waals surface area (Å²) in [6.07, 6.45) is 3.44. The average molecular weight is 220 g/mol. The third-order valence-corrected chi connectivity index (χ3v) is 2.30. The first kappa shape index (κ1) is 12.3. The molecule has 0 amide bonds. The van der Waals surface area contributed by atoms with Gasteiger partial charge in [-0.05, 0) is 31.1 Å².